The van der Waals surface area contributed by atoms with E-state index in [9.17, 15) is 0 Å². The van der Waals surface area contributed by atoms with E-state index in [0.29, 0.717) is 5.15 Å². The maximum absolute atomic E-state index is 5.90. The number of fused-ring (bicyclic) bond motifs is 1. The third-order valence-electron chi connectivity index (χ3n) is 2.92. The Morgan fingerprint density at radius 3 is 2.72 bits per heavy atom. The molecule has 18 heavy (non-hydrogen) atoms. The smallest absolute Gasteiger partial charge is 0.129 e. The number of aromatic nitrogens is 4. The molecule has 0 spiro atoms. The van der Waals surface area contributed by atoms with Crippen molar-refractivity contribution in [2.24, 2.45) is 0 Å². The fourth-order valence-electron chi connectivity index (χ4n) is 2.09. The van der Waals surface area contributed by atoms with Crippen LogP contribution in [0.15, 0.2) is 24.4 Å². The van der Waals surface area contributed by atoms with Crippen LogP contribution in [-0.4, -0.2) is 20.2 Å². The average molecular weight is 259 g/mol. The Labute approximate surface area is 109 Å². The number of H-pyrrole nitrogens is 1. The summed E-state index contributed by atoms with van der Waals surface area (Å²) in [5.74, 6) is 0. The Bertz CT molecular complexity index is 713. The molecule has 0 saturated carbocycles. The lowest BCUT2D eigenvalue weighted by Crippen LogP contribution is -1.88. The predicted molar refractivity (Wildman–Crippen MR) is 71.6 cm³/mol. The number of aryl methyl sites for hydroxylation is 2. The number of rotatable bonds is 1. The third kappa shape index (κ3) is 1.75. The van der Waals surface area contributed by atoms with Crippen molar-refractivity contribution in [2.75, 3.05) is 0 Å². The highest BCUT2D eigenvalue weighted by molar-refractivity contribution is 6.29. The third-order valence-corrected chi connectivity index (χ3v) is 3.13. The van der Waals surface area contributed by atoms with Gasteiger partial charge in [0.25, 0.3) is 0 Å². The maximum atomic E-state index is 5.90. The molecule has 0 aromatic carbocycles. The first-order valence-electron chi connectivity index (χ1n) is 5.59. The van der Waals surface area contributed by atoms with Gasteiger partial charge in [-0.1, -0.05) is 11.6 Å². The fraction of sp³-hybridized carbons (Fsp3) is 0.154. The molecule has 0 aliphatic heterocycles. The highest BCUT2D eigenvalue weighted by atomic mass is 35.5. The van der Waals surface area contributed by atoms with Crippen LogP contribution in [-0.2, 0) is 0 Å². The molecule has 0 unspecified atom stereocenters. The van der Waals surface area contributed by atoms with Crippen molar-refractivity contribution in [3.63, 3.8) is 0 Å². The SMILES string of the molecule is Cc1n[nH]c(C)c1-c1cnc2ccc(Cl)nc2c1. The minimum Gasteiger partial charge on any atom is -0.282 e. The summed E-state index contributed by atoms with van der Waals surface area (Å²) in [5.41, 5.74) is 5.68. The van der Waals surface area contributed by atoms with Gasteiger partial charge in [-0.2, -0.15) is 5.10 Å². The second kappa shape index (κ2) is 4.07. The fourth-order valence-corrected chi connectivity index (χ4v) is 2.25. The first-order valence-corrected chi connectivity index (χ1v) is 5.97. The summed E-state index contributed by atoms with van der Waals surface area (Å²) in [7, 11) is 0. The van der Waals surface area contributed by atoms with E-state index >= 15 is 0 Å². The van der Waals surface area contributed by atoms with Gasteiger partial charge in [0.05, 0.1) is 16.7 Å². The Kier molecular flexibility index (Phi) is 2.52. The van der Waals surface area contributed by atoms with Crippen LogP contribution >= 0.6 is 11.6 Å². The van der Waals surface area contributed by atoms with Gasteiger partial charge in [0.2, 0.25) is 0 Å². The molecule has 4 nitrogen and oxygen atoms in total. The maximum Gasteiger partial charge on any atom is 0.129 e. The van der Waals surface area contributed by atoms with Crippen molar-refractivity contribution < 1.29 is 0 Å². The van der Waals surface area contributed by atoms with Crippen LogP contribution in [0.3, 0.4) is 0 Å². The van der Waals surface area contributed by atoms with Crippen molar-refractivity contribution in [1.82, 2.24) is 20.2 Å². The highest BCUT2D eigenvalue weighted by Gasteiger charge is 2.10. The van der Waals surface area contributed by atoms with Crippen LogP contribution in [0.2, 0.25) is 5.15 Å². The van der Waals surface area contributed by atoms with Gasteiger partial charge in [-0.15, -0.1) is 0 Å². The Balaban J connectivity index is 2.25. The lowest BCUT2D eigenvalue weighted by atomic mass is 10.1. The summed E-state index contributed by atoms with van der Waals surface area (Å²) in [6, 6.07) is 5.59. The van der Waals surface area contributed by atoms with E-state index in [-0.39, 0.29) is 0 Å². The summed E-state index contributed by atoms with van der Waals surface area (Å²) in [4.78, 5) is 8.68. The first kappa shape index (κ1) is 11.2. The molecule has 3 aromatic heterocycles. The van der Waals surface area contributed by atoms with Gasteiger partial charge in [-0.3, -0.25) is 10.1 Å². The topological polar surface area (TPSA) is 54.5 Å². The van der Waals surface area contributed by atoms with E-state index in [1.165, 1.54) is 0 Å². The molecule has 0 radical (unpaired) electrons. The lowest BCUT2D eigenvalue weighted by Gasteiger charge is -2.03. The Hall–Kier alpha value is -1.94. The summed E-state index contributed by atoms with van der Waals surface area (Å²) in [6.45, 7) is 3.96. The van der Waals surface area contributed by atoms with Gasteiger partial charge in [0.1, 0.15) is 5.15 Å². The molecule has 0 aliphatic rings. The second-order valence-electron chi connectivity index (χ2n) is 4.21. The summed E-state index contributed by atoms with van der Waals surface area (Å²) in [5, 5.41) is 7.64. The van der Waals surface area contributed by atoms with Crippen molar-refractivity contribution >= 4 is 22.6 Å². The zero-order chi connectivity index (χ0) is 12.7. The monoisotopic (exact) mass is 258 g/mol. The van der Waals surface area contributed by atoms with Crippen LogP contribution in [0.4, 0.5) is 0 Å². The number of nitrogens with one attached hydrogen (secondary N) is 1. The lowest BCUT2D eigenvalue weighted by molar-refractivity contribution is 1.02. The van der Waals surface area contributed by atoms with E-state index in [4.69, 9.17) is 11.6 Å². The Morgan fingerprint density at radius 2 is 2.00 bits per heavy atom. The van der Waals surface area contributed by atoms with Gasteiger partial charge in [-0.25, -0.2) is 4.98 Å². The van der Waals surface area contributed by atoms with E-state index in [1.807, 2.05) is 32.2 Å². The van der Waals surface area contributed by atoms with E-state index in [0.717, 1.165) is 33.5 Å². The van der Waals surface area contributed by atoms with Gasteiger partial charge in [0.15, 0.2) is 0 Å². The molecule has 5 heteroatoms. The van der Waals surface area contributed by atoms with E-state index < -0.39 is 0 Å². The van der Waals surface area contributed by atoms with Crippen LogP contribution < -0.4 is 0 Å². The van der Waals surface area contributed by atoms with Gasteiger partial charge >= 0.3 is 0 Å². The summed E-state index contributed by atoms with van der Waals surface area (Å²) >= 11 is 5.90. The number of hydrogen-bond donors (Lipinski definition) is 1. The molecule has 3 heterocycles. The van der Waals surface area contributed by atoms with Crippen LogP contribution in [0.1, 0.15) is 11.4 Å². The number of hydrogen-bond acceptors (Lipinski definition) is 3. The highest BCUT2D eigenvalue weighted by Crippen LogP contribution is 2.26. The van der Waals surface area contributed by atoms with E-state index in [1.54, 1.807) is 6.07 Å². The minimum atomic E-state index is 0.474. The van der Waals surface area contributed by atoms with Crippen molar-refractivity contribution in [3.8, 4) is 11.1 Å². The molecule has 0 amide bonds. The molecule has 0 fully saturated rings. The molecule has 1 N–H and O–H groups in total. The second-order valence-corrected chi connectivity index (χ2v) is 4.59. The van der Waals surface area contributed by atoms with Crippen molar-refractivity contribution in [2.45, 2.75) is 13.8 Å². The predicted octanol–water partition coefficient (Wildman–Crippen LogP) is 3.29. The molecular weight excluding hydrogens is 248 g/mol. The number of nitrogens with zero attached hydrogens (tertiary/aromatic N) is 3. The van der Waals surface area contributed by atoms with Crippen molar-refractivity contribution in [3.05, 3.63) is 40.9 Å². The van der Waals surface area contributed by atoms with Gasteiger partial charge in [0, 0.05) is 23.0 Å². The zero-order valence-corrected chi connectivity index (χ0v) is 10.8. The summed E-state index contributed by atoms with van der Waals surface area (Å²) in [6.07, 6.45) is 1.84. The van der Waals surface area contributed by atoms with Crippen molar-refractivity contribution in [1.29, 1.82) is 0 Å². The number of pyridine rings is 2. The largest absolute Gasteiger partial charge is 0.282 e. The first-order chi connectivity index (χ1) is 8.65. The number of aromatic amines is 1. The normalized spacial score (nSPS) is 11.1. The molecule has 0 saturated heterocycles. The molecule has 0 bridgehead atoms. The van der Waals surface area contributed by atoms with Crippen LogP contribution in [0.25, 0.3) is 22.2 Å². The average Bonchev–Trinajstić information content (AvgIpc) is 2.68. The van der Waals surface area contributed by atoms with Gasteiger partial charge < -0.3 is 0 Å². The number of halogens is 1. The minimum absolute atomic E-state index is 0.474. The molecule has 3 rings (SSSR count). The van der Waals surface area contributed by atoms with E-state index in [2.05, 4.69) is 20.2 Å². The van der Waals surface area contributed by atoms with Gasteiger partial charge in [-0.05, 0) is 32.0 Å². The molecular formula is C13H11ClN4. The van der Waals surface area contributed by atoms with Crippen LogP contribution in [0, 0.1) is 13.8 Å². The Morgan fingerprint density at radius 1 is 1.17 bits per heavy atom. The quantitative estimate of drug-likeness (QED) is 0.682. The molecule has 3 aromatic rings. The standard InChI is InChI=1S/C13H11ClN4/c1-7-13(8(2)18-17-7)9-5-11-10(15-6-9)3-4-12(14)16-11/h3-6H,1-2H3,(H,17,18). The molecule has 0 atom stereocenters. The summed E-state index contributed by atoms with van der Waals surface area (Å²) < 4.78 is 0. The molecule has 0 aliphatic carbocycles. The zero-order valence-electron chi connectivity index (χ0n) is 10.0. The van der Waals surface area contributed by atoms with Crippen LogP contribution in [0.5, 0.6) is 0 Å². The molecule has 90 valence electrons.